The zero-order valence-corrected chi connectivity index (χ0v) is 19.6. The van der Waals surface area contributed by atoms with E-state index in [0.29, 0.717) is 0 Å². The third kappa shape index (κ3) is 3.11. The van der Waals surface area contributed by atoms with E-state index < -0.39 is 0 Å². The first-order valence-corrected chi connectivity index (χ1v) is 11.6. The first-order chi connectivity index (χ1) is 15.9. The first kappa shape index (κ1) is 19.9. The molecule has 160 valence electrons. The summed E-state index contributed by atoms with van der Waals surface area (Å²) in [6, 6.07) is 33.3. The number of benzene rings is 4. The Labute approximate surface area is 195 Å². The Bertz CT molecular complexity index is 1540. The fourth-order valence-corrected chi connectivity index (χ4v) is 5.34. The Kier molecular flexibility index (Phi) is 4.32. The van der Waals surface area contributed by atoms with E-state index in [4.69, 9.17) is 4.98 Å². The van der Waals surface area contributed by atoms with Crippen LogP contribution in [-0.2, 0) is 5.41 Å². The molecular weight excluding hydrogens is 398 g/mol. The molecule has 6 rings (SSSR count). The minimum absolute atomic E-state index is 0.0365. The molecular formula is C32H27N. The van der Waals surface area contributed by atoms with Crippen molar-refractivity contribution in [2.24, 2.45) is 0 Å². The maximum Gasteiger partial charge on any atom is 0.0719 e. The molecule has 1 aliphatic carbocycles. The fraction of sp³-hybridized carbons (Fsp3) is 0.156. The van der Waals surface area contributed by atoms with E-state index in [9.17, 15) is 0 Å². The van der Waals surface area contributed by atoms with Gasteiger partial charge in [0.1, 0.15) is 0 Å². The second-order valence-electron chi connectivity index (χ2n) is 9.88. The molecule has 0 fully saturated rings. The van der Waals surface area contributed by atoms with Crippen LogP contribution in [0.4, 0.5) is 0 Å². The SMILES string of the molecule is Cc1ccc(-c2cc(-c3cccc(C)c3)c3cc4c(cc3n2)C(C)(C)c2ccccc2-4)cc1. The molecule has 1 nitrogen and oxygen atoms in total. The Morgan fingerprint density at radius 2 is 1.36 bits per heavy atom. The van der Waals surface area contributed by atoms with Crippen LogP contribution < -0.4 is 0 Å². The largest absolute Gasteiger partial charge is 0.248 e. The van der Waals surface area contributed by atoms with Crippen LogP contribution in [-0.4, -0.2) is 4.98 Å². The Morgan fingerprint density at radius 3 is 2.15 bits per heavy atom. The molecule has 0 unspecified atom stereocenters. The zero-order valence-electron chi connectivity index (χ0n) is 19.6. The van der Waals surface area contributed by atoms with Crippen molar-refractivity contribution < 1.29 is 0 Å². The molecule has 0 saturated heterocycles. The van der Waals surface area contributed by atoms with E-state index in [1.807, 2.05) is 0 Å². The molecule has 33 heavy (non-hydrogen) atoms. The van der Waals surface area contributed by atoms with Gasteiger partial charge in [-0.05, 0) is 65.4 Å². The molecule has 5 aromatic rings. The van der Waals surface area contributed by atoms with Crippen molar-refractivity contribution in [1.29, 1.82) is 0 Å². The highest BCUT2D eigenvalue weighted by molar-refractivity contribution is 6.01. The molecule has 0 saturated carbocycles. The normalized spacial score (nSPS) is 13.7. The average molecular weight is 426 g/mol. The molecule has 0 amide bonds. The zero-order chi connectivity index (χ0) is 22.7. The number of pyridine rings is 1. The van der Waals surface area contributed by atoms with Crippen molar-refractivity contribution in [3.05, 3.63) is 113 Å². The number of rotatable bonds is 2. The molecule has 0 N–H and O–H groups in total. The van der Waals surface area contributed by atoms with E-state index in [2.05, 4.69) is 119 Å². The third-order valence-corrected chi connectivity index (χ3v) is 7.19. The third-order valence-electron chi connectivity index (χ3n) is 7.19. The molecule has 0 bridgehead atoms. The lowest BCUT2D eigenvalue weighted by Gasteiger charge is -2.22. The molecule has 1 heterocycles. The molecule has 0 spiro atoms. The van der Waals surface area contributed by atoms with E-state index >= 15 is 0 Å². The van der Waals surface area contributed by atoms with Gasteiger partial charge in [-0.3, -0.25) is 0 Å². The van der Waals surface area contributed by atoms with Gasteiger partial charge in [0, 0.05) is 16.4 Å². The summed E-state index contributed by atoms with van der Waals surface area (Å²) in [5, 5.41) is 1.21. The van der Waals surface area contributed by atoms with E-state index in [1.54, 1.807) is 0 Å². The summed E-state index contributed by atoms with van der Waals surface area (Å²) >= 11 is 0. The minimum Gasteiger partial charge on any atom is -0.248 e. The van der Waals surface area contributed by atoms with Gasteiger partial charge in [0.05, 0.1) is 11.2 Å². The van der Waals surface area contributed by atoms with Crippen molar-refractivity contribution >= 4 is 10.9 Å². The smallest absolute Gasteiger partial charge is 0.0719 e. The summed E-state index contributed by atoms with van der Waals surface area (Å²) in [4.78, 5) is 5.19. The molecule has 1 heteroatoms. The highest BCUT2D eigenvalue weighted by Crippen LogP contribution is 2.50. The Balaban J connectivity index is 1.69. The van der Waals surface area contributed by atoms with Crippen LogP contribution in [0.15, 0.2) is 91.0 Å². The average Bonchev–Trinajstić information content (AvgIpc) is 3.04. The number of aromatic nitrogens is 1. The first-order valence-electron chi connectivity index (χ1n) is 11.6. The monoisotopic (exact) mass is 425 g/mol. The van der Waals surface area contributed by atoms with Gasteiger partial charge in [0.15, 0.2) is 0 Å². The lowest BCUT2D eigenvalue weighted by molar-refractivity contribution is 0.661. The summed E-state index contributed by atoms with van der Waals surface area (Å²) < 4.78 is 0. The van der Waals surface area contributed by atoms with E-state index in [1.165, 1.54) is 49.9 Å². The summed E-state index contributed by atoms with van der Waals surface area (Å²) in [6.45, 7) is 8.94. The van der Waals surface area contributed by atoms with Crippen LogP contribution >= 0.6 is 0 Å². The van der Waals surface area contributed by atoms with E-state index in [0.717, 1.165) is 16.8 Å². The quantitative estimate of drug-likeness (QED) is 0.276. The predicted molar refractivity (Wildman–Crippen MR) is 140 cm³/mol. The van der Waals surface area contributed by atoms with Gasteiger partial charge in [-0.2, -0.15) is 0 Å². The second kappa shape index (κ2) is 7.15. The van der Waals surface area contributed by atoms with Crippen molar-refractivity contribution in [3.63, 3.8) is 0 Å². The van der Waals surface area contributed by atoms with Crippen LogP contribution in [0.1, 0.15) is 36.1 Å². The van der Waals surface area contributed by atoms with E-state index in [-0.39, 0.29) is 5.41 Å². The number of aryl methyl sites for hydroxylation is 2. The van der Waals surface area contributed by atoms with Crippen molar-refractivity contribution in [2.75, 3.05) is 0 Å². The van der Waals surface area contributed by atoms with Crippen molar-refractivity contribution in [1.82, 2.24) is 4.98 Å². The number of hydrogen-bond acceptors (Lipinski definition) is 1. The lowest BCUT2D eigenvalue weighted by Crippen LogP contribution is -2.14. The van der Waals surface area contributed by atoms with Gasteiger partial charge in [-0.1, -0.05) is 97.8 Å². The predicted octanol–water partition coefficient (Wildman–Crippen LogP) is 8.49. The van der Waals surface area contributed by atoms with Gasteiger partial charge in [0.25, 0.3) is 0 Å². The van der Waals surface area contributed by atoms with Crippen LogP contribution in [0.25, 0.3) is 44.4 Å². The van der Waals surface area contributed by atoms with Gasteiger partial charge < -0.3 is 0 Å². The Morgan fingerprint density at radius 1 is 0.576 bits per heavy atom. The summed E-state index contributed by atoms with van der Waals surface area (Å²) in [5.74, 6) is 0. The van der Waals surface area contributed by atoms with Gasteiger partial charge in [-0.15, -0.1) is 0 Å². The molecule has 1 aromatic heterocycles. The van der Waals surface area contributed by atoms with Crippen molar-refractivity contribution in [3.8, 4) is 33.5 Å². The minimum atomic E-state index is -0.0365. The fourth-order valence-electron chi connectivity index (χ4n) is 5.34. The van der Waals surface area contributed by atoms with Crippen molar-refractivity contribution in [2.45, 2.75) is 33.1 Å². The van der Waals surface area contributed by atoms with Gasteiger partial charge in [0.2, 0.25) is 0 Å². The number of fused-ring (bicyclic) bond motifs is 4. The Hall–Kier alpha value is -3.71. The standard InChI is InChI=1S/C32H27N/c1-20-12-14-22(15-13-20)30-18-25(23-9-7-8-21(2)16-23)27-17-26-24-10-5-6-11-28(24)32(3,4)29(26)19-31(27)33-30/h5-19H,1-4H3. The lowest BCUT2D eigenvalue weighted by atomic mass is 9.82. The molecule has 0 radical (unpaired) electrons. The summed E-state index contributed by atoms with van der Waals surface area (Å²) in [6.07, 6.45) is 0. The van der Waals surface area contributed by atoms with Crippen LogP contribution in [0.3, 0.4) is 0 Å². The van der Waals surface area contributed by atoms with Gasteiger partial charge in [-0.25, -0.2) is 4.98 Å². The van der Waals surface area contributed by atoms with Crippen LogP contribution in [0, 0.1) is 13.8 Å². The van der Waals surface area contributed by atoms with Crippen LogP contribution in [0.2, 0.25) is 0 Å². The molecule has 1 aliphatic rings. The second-order valence-corrected chi connectivity index (χ2v) is 9.88. The van der Waals surface area contributed by atoms with Crippen LogP contribution in [0.5, 0.6) is 0 Å². The highest BCUT2D eigenvalue weighted by Gasteiger charge is 2.35. The molecule has 0 atom stereocenters. The summed E-state index contributed by atoms with van der Waals surface area (Å²) in [7, 11) is 0. The number of hydrogen-bond donors (Lipinski definition) is 0. The molecule has 4 aromatic carbocycles. The number of nitrogens with zero attached hydrogens (tertiary/aromatic N) is 1. The topological polar surface area (TPSA) is 12.9 Å². The van der Waals surface area contributed by atoms with Gasteiger partial charge >= 0.3 is 0 Å². The molecule has 0 aliphatic heterocycles. The summed E-state index contributed by atoms with van der Waals surface area (Å²) in [5.41, 5.74) is 13.6. The highest BCUT2D eigenvalue weighted by atomic mass is 14.7. The maximum atomic E-state index is 5.19. The maximum absolute atomic E-state index is 5.19.